The third-order valence-electron chi connectivity index (χ3n) is 2.00. The SMILES string of the molecule is CCCCC(C)(C)C=C(C)OC=O. The highest BCUT2D eigenvalue weighted by atomic mass is 16.5. The van der Waals surface area contributed by atoms with E-state index < -0.39 is 0 Å². The van der Waals surface area contributed by atoms with Gasteiger partial charge in [-0.05, 0) is 24.8 Å². The number of carbonyl (C=O) groups is 1. The van der Waals surface area contributed by atoms with E-state index in [1.807, 2.05) is 13.0 Å². The Hall–Kier alpha value is -0.790. The lowest BCUT2D eigenvalue weighted by Crippen LogP contribution is -2.08. The summed E-state index contributed by atoms with van der Waals surface area (Å²) >= 11 is 0. The summed E-state index contributed by atoms with van der Waals surface area (Å²) in [5.41, 5.74) is 0.128. The quantitative estimate of drug-likeness (QED) is 0.467. The molecule has 0 aliphatic carbocycles. The zero-order valence-corrected chi connectivity index (χ0v) is 9.09. The van der Waals surface area contributed by atoms with Crippen LogP contribution >= 0.6 is 0 Å². The van der Waals surface area contributed by atoms with Gasteiger partial charge in [-0.25, -0.2) is 0 Å². The molecule has 0 rings (SSSR count). The second-order valence-electron chi connectivity index (χ2n) is 4.06. The Morgan fingerprint density at radius 1 is 1.46 bits per heavy atom. The minimum absolute atomic E-state index is 0.128. The van der Waals surface area contributed by atoms with Crippen LogP contribution < -0.4 is 0 Å². The summed E-state index contributed by atoms with van der Waals surface area (Å²) in [7, 11) is 0. The molecule has 0 heterocycles. The van der Waals surface area contributed by atoms with Crippen molar-refractivity contribution in [1.29, 1.82) is 0 Å². The first-order chi connectivity index (χ1) is 6.02. The molecule has 0 atom stereocenters. The van der Waals surface area contributed by atoms with E-state index in [1.165, 1.54) is 12.8 Å². The van der Waals surface area contributed by atoms with Gasteiger partial charge in [0.25, 0.3) is 6.47 Å². The van der Waals surface area contributed by atoms with Gasteiger partial charge in [0.15, 0.2) is 0 Å². The maximum Gasteiger partial charge on any atom is 0.298 e. The second-order valence-corrected chi connectivity index (χ2v) is 4.06. The first-order valence-electron chi connectivity index (χ1n) is 4.81. The van der Waals surface area contributed by atoms with E-state index >= 15 is 0 Å². The molecule has 2 nitrogen and oxygen atoms in total. The number of hydrogen-bond acceptors (Lipinski definition) is 2. The van der Waals surface area contributed by atoms with Gasteiger partial charge in [-0.2, -0.15) is 0 Å². The van der Waals surface area contributed by atoms with Crippen molar-refractivity contribution in [2.24, 2.45) is 5.41 Å². The van der Waals surface area contributed by atoms with Crippen molar-refractivity contribution in [3.8, 4) is 0 Å². The molecule has 0 radical (unpaired) electrons. The average Bonchev–Trinajstić information content (AvgIpc) is 2.00. The van der Waals surface area contributed by atoms with E-state index in [9.17, 15) is 4.79 Å². The summed E-state index contributed by atoms with van der Waals surface area (Å²) < 4.78 is 4.74. The summed E-state index contributed by atoms with van der Waals surface area (Å²) in [5, 5.41) is 0. The highest BCUT2D eigenvalue weighted by molar-refractivity contribution is 5.39. The zero-order chi connectivity index (χ0) is 10.3. The van der Waals surface area contributed by atoms with E-state index in [-0.39, 0.29) is 5.41 Å². The van der Waals surface area contributed by atoms with Gasteiger partial charge >= 0.3 is 0 Å². The van der Waals surface area contributed by atoms with E-state index in [4.69, 9.17) is 4.74 Å². The van der Waals surface area contributed by atoms with Crippen molar-refractivity contribution in [3.05, 3.63) is 11.8 Å². The Kier molecular flexibility index (Phi) is 5.44. The average molecular weight is 184 g/mol. The van der Waals surface area contributed by atoms with E-state index in [0.29, 0.717) is 12.2 Å². The minimum Gasteiger partial charge on any atom is -0.434 e. The molecular weight excluding hydrogens is 164 g/mol. The van der Waals surface area contributed by atoms with Crippen LogP contribution in [0.2, 0.25) is 0 Å². The van der Waals surface area contributed by atoms with Crippen LogP contribution in [0.4, 0.5) is 0 Å². The summed E-state index contributed by atoms with van der Waals surface area (Å²) in [5.74, 6) is 0.691. The van der Waals surface area contributed by atoms with Gasteiger partial charge < -0.3 is 4.74 Å². The number of carbonyl (C=O) groups excluding carboxylic acids is 1. The van der Waals surface area contributed by atoms with Crippen LogP contribution in [0.1, 0.15) is 47.0 Å². The van der Waals surface area contributed by atoms with E-state index in [0.717, 1.165) is 6.42 Å². The van der Waals surface area contributed by atoms with Crippen LogP contribution in [0.3, 0.4) is 0 Å². The monoisotopic (exact) mass is 184 g/mol. The molecule has 0 unspecified atom stereocenters. The lowest BCUT2D eigenvalue weighted by Gasteiger charge is -2.20. The molecule has 0 fully saturated rings. The Bertz CT molecular complexity index is 181. The summed E-state index contributed by atoms with van der Waals surface area (Å²) in [6.45, 7) is 8.76. The smallest absolute Gasteiger partial charge is 0.298 e. The number of allylic oxidation sites excluding steroid dienone is 2. The Labute approximate surface area is 81.0 Å². The van der Waals surface area contributed by atoms with Gasteiger partial charge in [-0.3, -0.25) is 4.79 Å². The first-order valence-corrected chi connectivity index (χ1v) is 4.81. The fourth-order valence-corrected chi connectivity index (χ4v) is 1.36. The Balaban J connectivity index is 4.11. The normalized spacial score (nSPS) is 12.8. The lowest BCUT2D eigenvalue weighted by molar-refractivity contribution is -0.125. The van der Waals surface area contributed by atoms with Crippen LogP contribution in [0.5, 0.6) is 0 Å². The molecule has 76 valence electrons. The molecular formula is C11H20O2. The van der Waals surface area contributed by atoms with Crippen molar-refractivity contribution < 1.29 is 9.53 Å². The van der Waals surface area contributed by atoms with Crippen LogP contribution in [0.25, 0.3) is 0 Å². The molecule has 0 aromatic rings. The van der Waals surface area contributed by atoms with Gasteiger partial charge in [0.2, 0.25) is 0 Å². The largest absolute Gasteiger partial charge is 0.434 e. The topological polar surface area (TPSA) is 26.3 Å². The Morgan fingerprint density at radius 3 is 2.54 bits per heavy atom. The van der Waals surface area contributed by atoms with Crippen LogP contribution in [-0.2, 0) is 9.53 Å². The third kappa shape index (κ3) is 6.38. The molecule has 0 saturated carbocycles. The predicted octanol–water partition coefficient (Wildman–Crippen LogP) is 3.28. The van der Waals surface area contributed by atoms with Gasteiger partial charge in [0.05, 0.1) is 0 Å². The predicted molar refractivity (Wildman–Crippen MR) is 54.2 cm³/mol. The zero-order valence-electron chi connectivity index (χ0n) is 9.09. The standard InChI is InChI=1S/C11H20O2/c1-5-6-7-11(3,4)8-10(2)13-9-12/h8-9H,5-7H2,1-4H3. The molecule has 0 aromatic carbocycles. The second kappa shape index (κ2) is 5.79. The molecule has 0 saturated heterocycles. The molecule has 0 N–H and O–H groups in total. The number of hydrogen-bond donors (Lipinski definition) is 0. The van der Waals surface area contributed by atoms with Crippen molar-refractivity contribution in [2.45, 2.75) is 47.0 Å². The van der Waals surface area contributed by atoms with Crippen molar-refractivity contribution >= 4 is 6.47 Å². The molecule has 2 heteroatoms. The van der Waals surface area contributed by atoms with E-state index in [1.54, 1.807) is 0 Å². The maximum atomic E-state index is 10.1. The van der Waals surface area contributed by atoms with Gasteiger partial charge in [-0.1, -0.05) is 33.6 Å². The van der Waals surface area contributed by atoms with Crippen LogP contribution in [0, 0.1) is 5.41 Å². The van der Waals surface area contributed by atoms with Crippen LogP contribution in [0.15, 0.2) is 11.8 Å². The summed E-state index contributed by atoms with van der Waals surface area (Å²) in [4.78, 5) is 10.1. The molecule has 0 bridgehead atoms. The van der Waals surface area contributed by atoms with Crippen LogP contribution in [-0.4, -0.2) is 6.47 Å². The minimum atomic E-state index is 0.128. The van der Waals surface area contributed by atoms with Gasteiger partial charge in [0, 0.05) is 0 Å². The van der Waals surface area contributed by atoms with Crippen molar-refractivity contribution in [1.82, 2.24) is 0 Å². The molecule has 0 amide bonds. The highest BCUT2D eigenvalue weighted by Gasteiger charge is 2.14. The third-order valence-corrected chi connectivity index (χ3v) is 2.00. The molecule has 0 aromatic heterocycles. The molecule has 13 heavy (non-hydrogen) atoms. The number of unbranched alkanes of at least 4 members (excludes halogenated alkanes) is 1. The molecule has 0 spiro atoms. The first kappa shape index (κ1) is 12.2. The lowest BCUT2D eigenvalue weighted by atomic mass is 9.86. The van der Waals surface area contributed by atoms with E-state index in [2.05, 4.69) is 20.8 Å². The fourth-order valence-electron chi connectivity index (χ4n) is 1.36. The Morgan fingerprint density at radius 2 is 2.08 bits per heavy atom. The summed E-state index contributed by atoms with van der Waals surface area (Å²) in [6.07, 6.45) is 5.54. The molecule has 0 aliphatic rings. The maximum absolute atomic E-state index is 10.1. The number of rotatable bonds is 6. The van der Waals surface area contributed by atoms with Gasteiger partial charge in [0.1, 0.15) is 5.76 Å². The van der Waals surface area contributed by atoms with Crippen molar-refractivity contribution in [2.75, 3.05) is 0 Å². The highest BCUT2D eigenvalue weighted by Crippen LogP contribution is 2.26. The van der Waals surface area contributed by atoms with Gasteiger partial charge in [-0.15, -0.1) is 0 Å². The fraction of sp³-hybridized carbons (Fsp3) is 0.727. The van der Waals surface area contributed by atoms with Crippen molar-refractivity contribution in [3.63, 3.8) is 0 Å². The summed E-state index contributed by atoms with van der Waals surface area (Å²) in [6, 6.07) is 0. The molecule has 0 aliphatic heterocycles. The number of ether oxygens (including phenoxy) is 1.